The Balaban J connectivity index is 1.46. The summed E-state index contributed by atoms with van der Waals surface area (Å²) in [6.45, 7) is 1.23. The average molecular weight is 441 g/mol. The number of halogens is 1. The van der Waals surface area contributed by atoms with E-state index in [4.69, 9.17) is 0 Å². The molecule has 3 nitrogen and oxygen atoms in total. The lowest BCUT2D eigenvalue weighted by atomic mass is 9.93. The summed E-state index contributed by atoms with van der Waals surface area (Å²) in [6.07, 6.45) is 7.72. The molecule has 3 aromatic carbocycles. The molecule has 0 spiro atoms. The van der Waals surface area contributed by atoms with E-state index >= 15 is 0 Å². The molecule has 168 valence electrons. The highest BCUT2D eigenvalue weighted by Gasteiger charge is 2.28. The maximum atomic E-state index is 14.0. The van der Waals surface area contributed by atoms with Crippen LogP contribution in [0.15, 0.2) is 85.1 Å². The molecule has 1 fully saturated rings. The van der Waals surface area contributed by atoms with Gasteiger partial charge in [-0.25, -0.2) is 4.39 Å². The molecule has 0 N–H and O–H groups in total. The van der Waals surface area contributed by atoms with Gasteiger partial charge in [0.15, 0.2) is 0 Å². The fourth-order valence-electron chi connectivity index (χ4n) is 5.03. The number of rotatable bonds is 6. The van der Waals surface area contributed by atoms with Crippen LogP contribution in [0.5, 0.6) is 0 Å². The van der Waals surface area contributed by atoms with Crippen molar-refractivity contribution >= 4 is 16.7 Å². The SMILES string of the molecule is O=C(c1cccc2ccccc12)N(Cc1cccn1Cc1ccc(F)cc1)C1CCCCC1. The average Bonchev–Trinajstić information content (AvgIpc) is 3.30. The van der Waals surface area contributed by atoms with Crippen molar-refractivity contribution in [3.05, 3.63) is 108 Å². The Bertz CT molecular complexity index is 1230. The van der Waals surface area contributed by atoms with E-state index in [9.17, 15) is 9.18 Å². The maximum absolute atomic E-state index is 14.0. The summed E-state index contributed by atoms with van der Waals surface area (Å²) in [5.74, 6) is -0.121. The zero-order chi connectivity index (χ0) is 22.6. The van der Waals surface area contributed by atoms with Crippen molar-refractivity contribution in [1.82, 2.24) is 9.47 Å². The van der Waals surface area contributed by atoms with Crippen LogP contribution in [0.4, 0.5) is 4.39 Å². The van der Waals surface area contributed by atoms with E-state index < -0.39 is 0 Å². The predicted octanol–water partition coefficient (Wildman–Crippen LogP) is 6.80. The minimum absolute atomic E-state index is 0.105. The van der Waals surface area contributed by atoms with E-state index in [2.05, 4.69) is 27.7 Å². The van der Waals surface area contributed by atoms with Gasteiger partial charge in [0.25, 0.3) is 5.91 Å². The monoisotopic (exact) mass is 440 g/mol. The highest BCUT2D eigenvalue weighted by Crippen LogP contribution is 2.28. The van der Waals surface area contributed by atoms with Gasteiger partial charge in [0.05, 0.1) is 6.54 Å². The van der Waals surface area contributed by atoms with Gasteiger partial charge in [0.1, 0.15) is 5.82 Å². The third-order valence-corrected chi connectivity index (χ3v) is 6.82. The molecule has 0 unspecified atom stereocenters. The van der Waals surface area contributed by atoms with Crippen LogP contribution in [0.3, 0.4) is 0 Å². The van der Waals surface area contributed by atoms with Gasteiger partial charge in [-0.15, -0.1) is 0 Å². The van der Waals surface area contributed by atoms with Crippen molar-refractivity contribution in [2.75, 3.05) is 0 Å². The second kappa shape index (κ2) is 9.62. The Morgan fingerprint density at radius 2 is 1.64 bits per heavy atom. The second-order valence-corrected chi connectivity index (χ2v) is 9.01. The third kappa shape index (κ3) is 4.70. The lowest BCUT2D eigenvalue weighted by Crippen LogP contribution is -2.41. The highest BCUT2D eigenvalue weighted by atomic mass is 19.1. The van der Waals surface area contributed by atoms with Gasteiger partial charge in [-0.05, 0) is 59.5 Å². The summed E-state index contributed by atoms with van der Waals surface area (Å²) in [5, 5.41) is 2.10. The Labute approximate surface area is 194 Å². The van der Waals surface area contributed by atoms with E-state index in [0.717, 1.165) is 40.4 Å². The molecule has 0 atom stereocenters. The summed E-state index contributed by atoms with van der Waals surface area (Å²) in [4.78, 5) is 16.1. The molecule has 1 heterocycles. The normalized spacial score (nSPS) is 14.5. The summed E-state index contributed by atoms with van der Waals surface area (Å²) in [7, 11) is 0. The van der Waals surface area contributed by atoms with Gasteiger partial charge in [-0.1, -0.05) is 67.8 Å². The molecule has 1 saturated carbocycles. The highest BCUT2D eigenvalue weighted by molar-refractivity contribution is 6.07. The van der Waals surface area contributed by atoms with Crippen LogP contribution in [0.25, 0.3) is 10.8 Å². The summed E-state index contributed by atoms with van der Waals surface area (Å²) in [5.41, 5.74) is 2.91. The minimum Gasteiger partial charge on any atom is -0.345 e. The number of hydrogen-bond donors (Lipinski definition) is 0. The summed E-state index contributed by atoms with van der Waals surface area (Å²) >= 11 is 0. The molecule has 1 amide bonds. The molecule has 33 heavy (non-hydrogen) atoms. The number of amides is 1. The lowest BCUT2D eigenvalue weighted by molar-refractivity contribution is 0.0611. The zero-order valence-corrected chi connectivity index (χ0v) is 18.8. The number of carbonyl (C=O) groups excluding carboxylic acids is 1. The van der Waals surface area contributed by atoms with Gasteiger partial charge in [0, 0.05) is 30.0 Å². The molecule has 1 aromatic heterocycles. The van der Waals surface area contributed by atoms with Crippen LogP contribution in [0, 0.1) is 5.82 Å². The number of aromatic nitrogens is 1. The zero-order valence-electron chi connectivity index (χ0n) is 18.8. The van der Waals surface area contributed by atoms with E-state index in [1.807, 2.05) is 54.7 Å². The second-order valence-electron chi connectivity index (χ2n) is 9.01. The van der Waals surface area contributed by atoms with Gasteiger partial charge in [0.2, 0.25) is 0 Å². The third-order valence-electron chi connectivity index (χ3n) is 6.82. The number of nitrogens with zero attached hydrogens (tertiary/aromatic N) is 2. The van der Waals surface area contributed by atoms with Crippen molar-refractivity contribution in [1.29, 1.82) is 0 Å². The van der Waals surface area contributed by atoms with Crippen LogP contribution in [0.2, 0.25) is 0 Å². The Morgan fingerprint density at radius 1 is 0.879 bits per heavy atom. The number of fused-ring (bicyclic) bond motifs is 1. The van der Waals surface area contributed by atoms with Crippen molar-refractivity contribution in [3.63, 3.8) is 0 Å². The molecule has 0 radical (unpaired) electrons. The van der Waals surface area contributed by atoms with Crippen LogP contribution >= 0.6 is 0 Å². The molecule has 1 aliphatic carbocycles. The Kier molecular flexibility index (Phi) is 6.25. The quantitative estimate of drug-likeness (QED) is 0.323. The Hall–Kier alpha value is -3.40. The van der Waals surface area contributed by atoms with Crippen molar-refractivity contribution in [3.8, 4) is 0 Å². The van der Waals surface area contributed by atoms with E-state index in [1.165, 1.54) is 31.4 Å². The van der Waals surface area contributed by atoms with Crippen molar-refractivity contribution in [2.45, 2.75) is 51.2 Å². The molecule has 0 saturated heterocycles. The smallest absolute Gasteiger partial charge is 0.255 e. The molecular formula is C29H29FN2O. The fourth-order valence-corrected chi connectivity index (χ4v) is 5.03. The number of hydrogen-bond acceptors (Lipinski definition) is 1. The minimum atomic E-state index is -0.226. The molecular weight excluding hydrogens is 411 g/mol. The first-order valence-corrected chi connectivity index (χ1v) is 11.9. The standard InChI is InChI=1S/C29H29FN2O/c30-24-17-15-22(16-18-24)20-31-19-7-12-26(31)21-32(25-10-2-1-3-11-25)29(33)28-14-6-9-23-8-4-5-13-27(23)28/h4-9,12-19,25H,1-3,10-11,20-21H2. The number of benzene rings is 3. The summed E-state index contributed by atoms with van der Waals surface area (Å²) < 4.78 is 15.5. The fraction of sp³-hybridized carbons (Fsp3) is 0.276. The lowest BCUT2D eigenvalue weighted by Gasteiger charge is -2.35. The van der Waals surface area contributed by atoms with Crippen LogP contribution in [-0.2, 0) is 13.1 Å². The first-order chi connectivity index (χ1) is 16.2. The largest absolute Gasteiger partial charge is 0.345 e. The molecule has 4 aromatic rings. The van der Waals surface area contributed by atoms with Gasteiger partial charge >= 0.3 is 0 Å². The van der Waals surface area contributed by atoms with Crippen LogP contribution < -0.4 is 0 Å². The van der Waals surface area contributed by atoms with E-state index in [1.54, 1.807) is 0 Å². The van der Waals surface area contributed by atoms with Crippen LogP contribution in [-0.4, -0.2) is 21.4 Å². The van der Waals surface area contributed by atoms with Gasteiger partial charge in [-0.3, -0.25) is 4.79 Å². The molecule has 4 heteroatoms. The van der Waals surface area contributed by atoms with Crippen molar-refractivity contribution < 1.29 is 9.18 Å². The van der Waals surface area contributed by atoms with E-state index in [0.29, 0.717) is 13.1 Å². The Morgan fingerprint density at radius 3 is 2.45 bits per heavy atom. The first kappa shape index (κ1) is 21.4. The molecule has 5 rings (SSSR count). The molecule has 1 aliphatic rings. The molecule has 0 aliphatic heterocycles. The molecule has 0 bridgehead atoms. The van der Waals surface area contributed by atoms with Gasteiger partial charge in [-0.2, -0.15) is 0 Å². The maximum Gasteiger partial charge on any atom is 0.255 e. The topological polar surface area (TPSA) is 25.2 Å². The van der Waals surface area contributed by atoms with E-state index in [-0.39, 0.29) is 17.8 Å². The van der Waals surface area contributed by atoms with Gasteiger partial charge < -0.3 is 9.47 Å². The van der Waals surface area contributed by atoms with Crippen LogP contribution in [0.1, 0.15) is 53.7 Å². The van der Waals surface area contributed by atoms with Crippen molar-refractivity contribution in [2.24, 2.45) is 0 Å². The number of carbonyl (C=O) groups is 1. The first-order valence-electron chi connectivity index (χ1n) is 11.9. The predicted molar refractivity (Wildman–Crippen MR) is 131 cm³/mol. The summed E-state index contributed by atoms with van der Waals surface area (Å²) in [6, 6.07) is 25.1.